The van der Waals surface area contributed by atoms with E-state index in [0.29, 0.717) is 11.9 Å². The first-order valence-electron chi connectivity index (χ1n) is 4.94. The van der Waals surface area contributed by atoms with Gasteiger partial charge >= 0.3 is 0 Å². The van der Waals surface area contributed by atoms with Crippen LogP contribution in [0.5, 0.6) is 0 Å². The molecule has 0 radical (unpaired) electrons. The van der Waals surface area contributed by atoms with Gasteiger partial charge in [-0.25, -0.2) is 0 Å². The molecule has 0 N–H and O–H groups in total. The molecule has 0 aromatic carbocycles. The minimum Gasteiger partial charge on any atom is -0.339 e. The Morgan fingerprint density at radius 3 is 2.38 bits per heavy atom. The maximum atomic E-state index is 11.2. The number of thiol groups is 1. The van der Waals surface area contributed by atoms with Gasteiger partial charge in [0, 0.05) is 38.0 Å². The van der Waals surface area contributed by atoms with Gasteiger partial charge in [0.1, 0.15) is 0 Å². The number of β-lactam (4-membered cyclic amide) rings is 1. The molecule has 2 aliphatic heterocycles. The Morgan fingerprint density at radius 1 is 1.31 bits per heavy atom. The van der Waals surface area contributed by atoms with Crippen molar-refractivity contribution in [2.45, 2.75) is 25.3 Å². The van der Waals surface area contributed by atoms with E-state index in [-0.39, 0.29) is 0 Å². The Kier molecular flexibility index (Phi) is 2.79. The van der Waals surface area contributed by atoms with E-state index in [1.165, 1.54) is 0 Å². The molecule has 4 heteroatoms. The van der Waals surface area contributed by atoms with Crippen LogP contribution in [-0.2, 0) is 4.79 Å². The van der Waals surface area contributed by atoms with E-state index in [2.05, 4.69) is 17.5 Å². The van der Waals surface area contributed by atoms with E-state index in [1.807, 2.05) is 4.90 Å². The molecule has 0 bridgehead atoms. The highest BCUT2D eigenvalue weighted by atomic mass is 32.1. The molecule has 74 valence electrons. The average Bonchev–Trinajstić information content (AvgIpc) is 2.17. The largest absolute Gasteiger partial charge is 0.339 e. The SMILES string of the molecule is O=C1CCN1C1CCN(CS)CC1. The van der Waals surface area contributed by atoms with Crippen LogP contribution in [-0.4, -0.2) is 47.3 Å². The summed E-state index contributed by atoms with van der Waals surface area (Å²) in [6.45, 7) is 3.18. The molecule has 2 fully saturated rings. The quantitative estimate of drug-likeness (QED) is 0.520. The highest BCUT2D eigenvalue weighted by Crippen LogP contribution is 2.22. The lowest BCUT2D eigenvalue weighted by Crippen LogP contribution is -2.53. The van der Waals surface area contributed by atoms with E-state index in [9.17, 15) is 4.79 Å². The zero-order valence-electron chi connectivity index (χ0n) is 7.78. The zero-order chi connectivity index (χ0) is 9.26. The lowest BCUT2D eigenvalue weighted by molar-refractivity contribution is -0.144. The molecule has 0 spiro atoms. The van der Waals surface area contributed by atoms with Gasteiger partial charge in [0.25, 0.3) is 0 Å². The highest BCUT2D eigenvalue weighted by molar-refractivity contribution is 7.80. The molecule has 2 saturated heterocycles. The lowest BCUT2D eigenvalue weighted by atomic mass is 10.00. The number of amides is 1. The van der Waals surface area contributed by atoms with Crippen molar-refractivity contribution in [1.82, 2.24) is 9.80 Å². The maximum absolute atomic E-state index is 11.2. The Hall–Kier alpha value is -0.220. The number of rotatable bonds is 2. The highest BCUT2D eigenvalue weighted by Gasteiger charge is 2.32. The summed E-state index contributed by atoms with van der Waals surface area (Å²) < 4.78 is 0. The van der Waals surface area contributed by atoms with Gasteiger partial charge in [0.2, 0.25) is 5.91 Å². The van der Waals surface area contributed by atoms with Gasteiger partial charge in [-0.1, -0.05) is 0 Å². The van der Waals surface area contributed by atoms with E-state index in [1.54, 1.807) is 0 Å². The molecule has 1 amide bonds. The van der Waals surface area contributed by atoms with Crippen molar-refractivity contribution in [2.75, 3.05) is 25.5 Å². The molecular weight excluding hydrogens is 184 g/mol. The fourth-order valence-corrected chi connectivity index (χ4v) is 2.37. The van der Waals surface area contributed by atoms with Crippen LogP contribution in [0.15, 0.2) is 0 Å². The number of carbonyl (C=O) groups is 1. The van der Waals surface area contributed by atoms with Crippen LogP contribution >= 0.6 is 12.6 Å². The standard InChI is InChI=1S/C9H16N2OS/c12-9-3-6-11(9)8-1-4-10(7-13)5-2-8/h8,13H,1-7H2. The molecule has 13 heavy (non-hydrogen) atoms. The predicted molar refractivity (Wildman–Crippen MR) is 54.8 cm³/mol. The number of nitrogens with zero attached hydrogens (tertiary/aromatic N) is 2. The van der Waals surface area contributed by atoms with Gasteiger partial charge in [-0.05, 0) is 12.8 Å². The molecule has 0 aromatic heterocycles. The summed E-state index contributed by atoms with van der Waals surface area (Å²) in [5.41, 5.74) is 0. The van der Waals surface area contributed by atoms with Gasteiger partial charge in [0.15, 0.2) is 0 Å². The van der Waals surface area contributed by atoms with Gasteiger partial charge < -0.3 is 4.90 Å². The van der Waals surface area contributed by atoms with Gasteiger partial charge in [-0.15, -0.1) is 0 Å². The van der Waals surface area contributed by atoms with Crippen molar-refractivity contribution in [3.8, 4) is 0 Å². The second-order valence-corrected chi connectivity index (χ2v) is 4.11. The third-order valence-electron chi connectivity index (χ3n) is 3.08. The summed E-state index contributed by atoms with van der Waals surface area (Å²) in [6.07, 6.45) is 3.03. The van der Waals surface area contributed by atoms with E-state index >= 15 is 0 Å². The van der Waals surface area contributed by atoms with Crippen LogP contribution in [0.2, 0.25) is 0 Å². The smallest absolute Gasteiger partial charge is 0.224 e. The zero-order valence-corrected chi connectivity index (χ0v) is 8.67. The molecule has 0 atom stereocenters. The molecular formula is C9H16N2OS. The Bertz CT molecular complexity index is 202. The minimum atomic E-state index is 0.351. The normalized spacial score (nSPS) is 26.2. The van der Waals surface area contributed by atoms with Crippen molar-refractivity contribution < 1.29 is 4.79 Å². The van der Waals surface area contributed by atoms with Crippen LogP contribution in [0.3, 0.4) is 0 Å². The van der Waals surface area contributed by atoms with Gasteiger partial charge in [-0.2, -0.15) is 12.6 Å². The molecule has 0 aliphatic carbocycles. The first-order valence-corrected chi connectivity index (χ1v) is 5.57. The van der Waals surface area contributed by atoms with E-state index in [4.69, 9.17) is 0 Å². The topological polar surface area (TPSA) is 23.6 Å². The van der Waals surface area contributed by atoms with Crippen LogP contribution in [0.1, 0.15) is 19.3 Å². The van der Waals surface area contributed by atoms with Crippen molar-refractivity contribution in [3.05, 3.63) is 0 Å². The molecule has 2 aliphatic rings. The first-order chi connectivity index (χ1) is 6.31. The molecule has 0 unspecified atom stereocenters. The maximum Gasteiger partial charge on any atom is 0.224 e. The molecule has 2 heterocycles. The van der Waals surface area contributed by atoms with Crippen LogP contribution in [0, 0.1) is 0 Å². The number of hydrogen-bond donors (Lipinski definition) is 1. The van der Waals surface area contributed by atoms with Gasteiger partial charge in [-0.3, -0.25) is 9.69 Å². The summed E-state index contributed by atoms with van der Waals surface area (Å²) in [7, 11) is 0. The fraction of sp³-hybridized carbons (Fsp3) is 0.889. The van der Waals surface area contributed by atoms with Crippen LogP contribution in [0.4, 0.5) is 0 Å². The van der Waals surface area contributed by atoms with Crippen molar-refractivity contribution in [3.63, 3.8) is 0 Å². The fourth-order valence-electron chi connectivity index (χ4n) is 2.09. The first kappa shape index (κ1) is 9.34. The molecule has 3 nitrogen and oxygen atoms in total. The summed E-state index contributed by atoms with van der Waals surface area (Å²) in [5.74, 6) is 1.20. The molecule has 0 aromatic rings. The number of carbonyl (C=O) groups excluding carboxylic acids is 1. The molecule has 2 rings (SSSR count). The Morgan fingerprint density at radius 2 is 2.00 bits per heavy atom. The average molecular weight is 200 g/mol. The minimum absolute atomic E-state index is 0.351. The van der Waals surface area contributed by atoms with E-state index in [0.717, 1.165) is 44.8 Å². The third-order valence-corrected chi connectivity index (χ3v) is 3.48. The van der Waals surface area contributed by atoms with Crippen molar-refractivity contribution in [2.24, 2.45) is 0 Å². The summed E-state index contributed by atoms with van der Waals surface area (Å²) in [4.78, 5) is 15.5. The summed E-state index contributed by atoms with van der Waals surface area (Å²) >= 11 is 4.24. The predicted octanol–water partition coefficient (Wildman–Crippen LogP) is 0.570. The number of likely N-dealkylation sites (tertiary alicyclic amines) is 2. The van der Waals surface area contributed by atoms with Crippen LogP contribution < -0.4 is 0 Å². The Labute approximate surface area is 84.5 Å². The molecule has 0 saturated carbocycles. The lowest BCUT2D eigenvalue weighted by Gasteiger charge is -2.42. The third kappa shape index (κ3) is 1.83. The van der Waals surface area contributed by atoms with Crippen LogP contribution in [0.25, 0.3) is 0 Å². The number of piperidine rings is 1. The van der Waals surface area contributed by atoms with Crippen molar-refractivity contribution in [1.29, 1.82) is 0 Å². The monoisotopic (exact) mass is 200 g/mol. The second kappa shape index (κ2) is 3.88. The van der Waals surface area contributed by atoms with E-state index < -0.39 is 0 Å². The summed E-state index contributed by atoms with van der Waals surface area (Å²) in [6, 6.07) is 0.525. The van der Waals surface area contributed by atoms with Gasteiger partial charge in [0.05, 0.1) is 0 Å². The second-order valence-electron chi connectivity index (χ2n) is 3.83. The van der Waals surface area contributed by atoms with Crippen molar-refractivity contribution >= 4 is 18.5 Å². The summed E-state index contributed by atoms with van der Waals surface area (Å²) in [5, 5.41) is 0. The Balaban J connectivity index is 1.81. The number of hydrogen-bond acceptors (Lipinski definition) is 3.